The minimum Gasteiger partial charge on any atom is -0.412 e. The summed E-state index contributed by atoms with van der Waals surface area (Å²) >= 11 is 0. The van der Waals surface area contributed by atoms with Crippen molar-refractivity contribution >= 4 is 8.32 Å². The molecule has 134 valence electrons. The van der Waals surface area contributed by atoms with Crippen LogP contribution in [0.4, 0.5) is 0 Å². The van der Waals surface area contributed by atoms with Crippen molar-refractivity contribution < 1.29 is 9.16 Å². The first-order valence-electron chi connectivity index (χ1n) is 9.61. The SMILES string of the molecule is C=CCCC[C@@]12C=C[C@@](CCCC=C)(O1)C1CC1(O[Si](C)(C)C)C2. The molecule has 0 aromatic rings. The van der Waals surface area contributed by atoms with Gasteiger partial charge in [-0.15, -0.1) is 13.2 Å². The normalized spacial score (nSPS) is 39.5. The van der Waals surface area contributed by atoms with Gasteiger partial charge in [0.25, 0.3) is 0 Å². The van der Waals surface area contributed by atoms with E-state index in [-0.39, 0.29) is 16.8 Å². The standard InChI is InChI=1S/C21H34O2Si/c1-6-8-10-12-19-14-15-20(22-19,13-11-9-7-2)18-16-21(18,17-19)23-24(3,4)5/h6-7,14-15,18H,1-2,8-13,16-17H2,3-5H3/t18?,19-,20+,21?/m0/s1. The van der Waals surface area contributed by atoms with E-state index in [2.05, 4.69) is 45.0 Å². The second kappa shape index (κ2) is 6.26. The molecule has 2 fully saturated rings. The van der Waals surface area contributed by atoms with Crippen LogP contribution in [0, 0.1) is 5.92 Å². The van der Waals surface area contributed by atoms with Gasteiger partial charge in [-0.3, -0.25) is 0 Å². The fraction of sp³-hybridized carbons (Fsp3) is 0.714. The van der Waals surface area contributed by atoms with E-state index in [4.69, 9.17) is 9.16 Å². The van der Waals surface area contributed by atoms with Crippen molar-refractivity contribution in [2.75, 3.05) is 0 Å². The van der Waals surface area contributed by atoms with E-state index in [9.17, 15) is 0 Å². The lowest BCUT2D eigenvalue weighted by Gasteiger charge is -2.45. The minimum absolute atomic E-state index is 0.0780. The van der Waals surface area contributed by atoms with Crippen LogP contribution in [0.2, 0.25) is 19.6 Å². The maximum absolute atomic E-state index is 6.81. The van der Waals surface area contributed by atoms with E-state index >= 15 is 0 Å². The molecule has 24 heavy (non-hydrogen) atoms. The van der Waals surface area contributed by atoms with Gasteiger partial charge in [0.1, 0.15) is 0 Å². The van der Waals surface area contributed by atoms with E-state index in [1.54, 1.807) is 0 Å². The summed E-state index contributed by atoms with van der Waals surface area (Å²) in [6.45, 7) is 14.7. The van der Waals surface area contributed by atoms with E-state index in [1.807, 2.05) is 12.2 Å². The zero-order valence-corrected chi connectivity index (χ0v) is 16.8. The highest BCUT2D eigenvalue weighted by atomic mass is 28.4. The molecule has 2 aliphatic heterocycles. The summed E-state index contributed by atoms with van der Waals surface area (Å²) in [5.74, 6) is 0.549. The van der Waals surface area contributed by atoms with Gasteiger partial charge in [-0.25, -0.2) is 0 Å². The van der Waals surface area contributed by atoms with Gasteiger partial charge in [-0.05, 0) is 64.6 Å². The summed E-state index contributed by atoms with van der Waals surface area (Å²) in [6, 6.07) is 0. The lowest BCUT2D eigenvalue weighted by molar-refractivity contribution is -0.165. The summed E-state index contributed by atoms with van der Waals surface area (Å²) < 4.78 is 13.6. The largest absolute Gasteiger partial charge is 0.412 e. The Morgan fingerprint density at radius 3 is 2.42 bits per heavy atom. The van der Waals surface area contributed by atoms with Crippen molar-refractivity contribution in [2.45, 2.75) is 87.8 Å². The number of ether oxygens (including phenoxy) is 1. The molecule has 3 rings (SSSR count). The number of hydrogen-bond acceptors (Lipinski definition) is 2. The van der Waals surface area contributed by atoms with Gasteiger partial charge < -0.3 is 9.16 Å². The predicted molar refractivity (Wildman–Crippen MR) is 104 cm³/mol. The molecule has 1 saturated heterocycles. The third-order valence-electron chi connectivity index (χ3n) is 5.77. The number of hydrogen-bond donors (Lipinski definition) is 0. The molecule has 2 unspecified atom stereocenters. The third kappa shape index (κ3) is 3.36. The molecule has 2 bridgehead atoms. The molecule has 0 aromatic carbocycles. The highest BCUT2D eigenvalue weighted by molar-refractivity contribution is 6.69. The van der Waals surface area contributed by atoms with Gasteiger partial charge in [-0.1, -0.05) is 24.3 Å². The van der Waals surface area contributed by atoms with Gasteiger partial charge >= 0.3 is 0 Å². The average molecular weight is 347 g/mol. The monoisotopic (exact) mass is 346 g/mol. The van der Waals surface area contributed by atoms with E-state index < -0.39 is 8.32 Å². The molecule has 0 N–H and O–H groups in total. The van der Waals surface area contributed by atoms with Crippen molar-refractivity contribution in [3.8, 4) is 0 Å². The van der Waals surface area contributed by atoms with Crippen molar-refractivity contribution in [1.82, 2.24) is 0 Å². The van der Waals surface area contributed by atoms with Gasteiger partial charge in [0.2, 0.25) is 0 Å². The summed E-state index contributed by atoms with van der Waals surface area (Å²) in [6.07, 6.45) is 17.7. The van der Waals surface area contributed by atoms with Crippen LogP contribution in [0.3, 0.4) is 0 Å². The number of allylic oxidation sites excluding steroid dienone is 2. The molecular weight excluding hydrogens is 312 g/mol. The highest BCUT2D eigenvalue weighted by Gasteiger charge is 2.73. The van der Waals surface area contributed by atoms with E-state index in [0.717, 1.165) is 44.9 Å². The quantitative estimate of drug-likeness (QED) is 0.284. The van der Waals surface area contributed by atoms with Gasteiger partial charge in [0.15, 0.2) is 8.32 Å². The summed E-state index contributed by atoms with van der Waals surface area (Å²) in [4.78, 5) is 0. The van der Waals surface area contributed by atoms with Gasteiger partial charge in [0, 0.05) is 12.3 Å². The zero-order chi connectivity index (χ0) is 17.5. The Morgan fingerprint density at radius 2 is 1.79 bits per heavy atom. The molecule has 3 heteroatoms. The van der Waals surface area contributed by atoms with Crippen LogP contribution in [0.1, 0.15) is 51.4 Å². The first-order chi connectivity index (χ1) is 11.3. The Bertz CT molecular complexity index is 534. The number of unbranched alkanes of at least 4 members (excludes halogenated alkanes) is 2. The predicted octanol–water partition coefficient (Wildman–Crippen LogP) is 5.78. The minimum atomic E-state index is -1.56. The Balaban J connectivity index is 1.80. The van der Waals surface area contributed by atoms with Crippen LogP contribution in [0.5, 0.6) is 0 Å². The van der Waals surface area contributed by atoms with Crippen molar-refractivity contribution in [2.24, 2.45) is 5.92 Å². The van der Waals surface area contributed by atoms with Crippen LogP contribution >= 0.6 is 0 Å². The molecule has 1 aliphatic carbocycles. The van der Waals surface area contributed by atoms with Gasteiger partial charge in [-0.2, -0.15) is 0 Å². The second-order valence-corrected chi connectivity index (χ2v) is 13.5. The fourth-order valence-corrected chi connectivity index (χ4v) is 6.50. The lowest BCUT2D eigenvalue weighted by atomic mass is 9.84. The molecular formula is C21H34O2Si. The maximum Gasteiger partial charge on any atom is 0.184 e. The average Bonchev–Trinajstić information content (AvgIpc) is 3.08. The van der Waals surface area contributed by atoms with Crippen LogP contribution in [0.15, 0.2) is 37.5 Å². The molecule has 1 saturated carbocycles. The summed E-state index contributed by atoms with van der Waals surface area (Å²) in [7, 11) is -1.56. The Labute approximate surface area is 149 Å². The molecule has 0 amide bonds. The van der Waals surface area contributed by atoms with E-state index in [0.29, 0.717) is 5.92 Å². The Kier molecular flexibility index (Phi) is 4.74. The molecule has 0 aromatic heterocycles. The number of rotatable bonds is 10. The third-order valence-corrected chi connectivity index (χ3v) is 6.79. The van der Waals surface area contributed by atoms with Crippen molar-refractivity contribution in [3.05, 3.63) is 37.5 Å². The summed E-state index contributed by atoms with van der Waals surface area (Å²) in [5.41, 5.74) is -0.118. The summed E-state index contributed by atoms with van der Waals surface area (Å²) in [5, 5.41) is 0. The first-order valence-corrected chi connectivity index (χ1v) is 13.0. The fourth-order valence-electron chi connectivity index (χ4n) is 4.99. The van der Waals surface area contributed by atoms with Crippen LogP contribution < -0.4 is 0 Å². The maximum atomic E-state index is 6.81. The molecule has 4 atom stereocenters. The zero-order valence-electron chi connectivity index (χ0n) is 15.8. The van der Waals surface area contributed by atoms with Crippen LogP contribution in [-0.2, 0) is 9.16 Å². The molecule has 2 heterocycles. The van der Waals surface area contributed by atoms with Crippen molar-refractivity contribution in [1.29, 1.82) is 0 Å². The van der Waals surface area contributed by atoms with Crippen LogP contribution in [-0.4, -0.2) is 25.1 Å². The number of fused-ring (bicyclic) bond motifs is 4. The van der Waals surface area contributed by atoms with Crippen molar-refractivity contribution in [3.63, 3.8) is 0 Å². The highest BCUT2D eigenvalue weighted by Crippen LogP contribution is 2.68. The molecule has 2 nitrogen and oxygen atoms in total. The Hall–Kier alpha value is -0.643. The van der Waals surface area contributed by atoms with E-state index in [1.165, 1.54) is 6.42 Å². The molecule has 3 aliphatic rings. The first kappa shape index (κ1) is 18.2. The molecule has 0 spiro atoms. The van der Waals surface area contributed by atoms with Gasteiger partial charge in [0.05, 0.1) is 16.8 Å². The molecule has 0 radical (unpaired) electrons. The topological polar surface area (TPSA) is 18.5 Å². The second-order valence-electron chi connectivity index (χ2n) is 9.03. The Morgan fingerprint density at radius 1 is 1.12 bits per heavy atom. The smallest absolute Gasteiger partial charge is 0.184 e. The van der Waals surface area contributed by atoms with Crippen LogP contribution in [0.25, 0.3) is 0 Å². The lowest BCUT2D eigenvalue weighted by Crippen LogP contribution is -2.51.